The van der Waals surface area contributed by atoms with Crippen LogP contribution in [0.2, 0.25) is 0 Å². The zero-order valence-corrected chi connectivity index (χ0v) is 9.13. The van der Waals surface area contributed by atoms with Gasteiger partial charge in [0.15, 0.2) is 5.16 Å². The predicted octanol–water partition coefficient (Wildman–Crippen LogP) is 1.74. The molecule has 0 fully saturated rings. The van der Waals surface area contributed by atoms with Crippen LogP contribution in [0.5, 0.6) is 0 Å². The molecule has 0 unspecified atom stereocenters. The minimum absolute atomic E-state index is 0.498. The van der Waals surface area contributed by atoms with Crippen LogP contribution in [0.15, 0.2) is 17.4 Å². The second-order valence-corrected chi connectivity index (χ2v) is 4.99. The average Bonchev–Trinajstić information content (AvgIpc) is 2.02. The van der Waals surface area contributed by atoms with Gasteiger partial charge in [-0.3, -0.25) is 4.79 Å². The Balaban J connectivity index is 2.83. The van der Waals surface area contributed by atoms with Crippen LogP contribution in [0.25, 0.3) is 0 Å². The molecular weight excluding hydrogens is 200 g/mol. The van der Waals surface area contributed by atoms with Crippen LogP contribution < -0.4 is 0 Å². The number of hydrogen-bond acceptors (Lipinski definition) is 4. The second kappa shape index (κ2) is 3.96. The number of nitrogens with zero attached hydrogens (tertiary/aromatic N) is 2. The van der Waals surface area contributed by atoms with Crippen LogP contribution in [0.1, 0.15) is 19.5 Å². The van der Waals surface area contributed by atoms with Crippen molar-refractivity contribution in [3.8, 4) is 0 Å². The molecule has 0 aromatic carbocycles. The lowest BCUT2D eigenvalue weighted by molar-refractivity contribution is -0.138. The van der Waals surface area contributed by atoms with Crippen molar-refractivity contribution < 1.29 is 9.90 Å². The van der Waals surface area contributed by atoms with E-state index in [4.69, 9.17) is 5.11 Å². The van der Waals surface area contributed by atoms with Gasteiger partial charge in [-0.2, -0.15) is 0 Å². The smallest absolute Gasteiger partial charge is 0.319 e. The molecule has 0 aliphatic heterocycles. The largest absolute Gasteiger partial charge is 0.480 e. The first kappa shape index (κ1) is 11.0. The summed E-state index contributed by atoms with van der Waals surface area (Å²) >= 11 is 1.15. The molecule has 14 heavy (non-hydrogen) atoms. The first-order valence-corrected chi connectivity index (χ1v) is 4.95. The van der Waals surface area contributed by atoms with E-state index in [0.29, 0.717) is 5.16 Å². The van der Waals surface area contributed by atoms with Crippen molar-refractivity contribution in [3.63, 3.8) is 0 Å². The summed E-state index contributed by atoms with van der Waals surface area (Å²) in [6.07, 6.45) is 1.63. The Morgan fingerprint density at radius 2 is 2.21 bits per heavy atom. The van der Waals surface area contributed by atoms with Gasteiger partial charge in [0.05, 0.1) is 0 Å². The molecule has 1 N–H and O–H groups in total. The van der Waals surface area contributed by atoms with E-state index in [9.17, 15) is 4.79 Å². The fraction of sp³-hybridized carbons (Fsp3) is 0.444. The Labute approximate surface area is 86.8 Å². The minimum Gasteiger partial charge on any atom is -0.480 e. The lowest BCUT2D eigenvalue weighted by Crippen LogP contribution is -2.27. The lowest BCUT2D eigenvalue weighted by Gasteiger charge is -2.16. The van der Waals surface area contributed by atoms with Gasteiger partial charge in [0.2, 0.25) is 0 Å². The zero-order chi connectivity index (χ0) is 10.8. The van der Waals surface area contributed by atoms with E-state index in [1.165, 1.54) is 0 Å². The molecule has 4 nitrogen and oxygen atoms in total. The number of carboxylic acids is 1. The van der Waals surface area contributed by atoms with Crippen LogP contribution in [0, 0.1) is 6.92 Å². The minimum atomic E-state index is -0.895. The molecule has 0 amide bonds. The SMILES string of the molecule is Cc1ccnc(SC(C)(C)C(=O)O)n1. The maximum absolute atomic E-state index is 10.8. The van der Waals surface area contributed by atoms with Gasteiger partial charge in [-0.05, 0) is 26.8 Å². The van der Waals surface area contributed by atoms with Gasteiger partial charge in [-0.15, -0.1) is 0 Å². The number of carboxylic acid groups (broad SMARTS) is 1. The van der Waals surface area contributed by atoms with E-state index in [-0.39, 0.29) is 0 Å². The number of hydrogen-bond donors (Lipinski definition) is 1. The van der Waals surface area contributed by atoms with E-state index < -0.39 is 10.7 Å². The summed E-state index contributed by atoms with van der Waals surface area (Å²) in [6.45, 7) is 5.11. The molecule has 1 aromatic heterocycles. The van der Waals surface area contributed by atoms with Gasteiger partial charge >= 0.3 is 5.97 Å². The number of thioether (sulfide) groups is 1. The number of rotatable bonds is 3. The summed E-state index contributed by atoms with van der Waals surface area (Å²) in [4.78, 5) is 19.0. The van der Waals surface area contributed by atoms with Crippen molar-refractivity contribution >= 4 is 17.7 Å². The van der Waals surface area contributed by atoms with E-state index in [1.54, 1.807) is 26.1 Å². The van der Waals surface area contributed by atoms with Gasteiger partial charge in [0.25, 0.3) is 0 Å². The molecule has 5 heteroatoms. The highest BCUT2D eigenvalue weighted by Crippen LogP contribution is 2.29. The Morgan fingerprint density at radius 1 is 1.57 bits per heavy atom. The Bertz CT molecular complexity index is 352. The molecule has 0 aliphatic rings. The normalized spacial score (nSPS) is 11.4. The predicted molar refractivity (Wildman–Crippen MR) is 54.3 cm³/mol. The van der Waals surface area contributed by atoms with Crippen molar-refractivity contribution in [2.45, 2.75) is 30.7 Å². The summed E-state index contributed by atoms with van der Waals surface area (Å²) in [5.41, 5.74) is 0.837. The first-order valence-electron chi connectivity index (χ1n) is 4.14. The van der Waals surface area contributed by atoms with Crippen LogP contribution in [0.4, 0.5) is 0 Å². The van der Waals surface area contributed by atoms with Crippen LogP contribution >= 0.6 is 11.8 Å². The Morgan fingerprint density at radius 3 is 2.71 bits per heavy atom. The fourth-order valence-corrected chi connectivity index (χ4v) is 1.59. The van der Waals surface area contributed by atoms with Crippen LogP contribution in [0.3, 0.4) is 0 Å². The molecule has 0 aliphatic carbocycles. The summed E-state index contributed by atoms with van der Waals surface area (Å²) in [7, 11) is 0. The Hall–Kier alpha value is -1.10. The second-order valence-electron chi connectivity index (χ2n) is 3.40. The fourth-order valence-electron chi connectivity index (χ4n) is 0.747. The van der Waals surface area contributed by atoms with Crippen molar-refractivity contribution in [3.05, 3.63) is 18.0 Å². The maximum atomic E-state index is 10.8. The van der Waals surface area contributed by atoms with Crippen LogP contribution in [-0.2, 0) is 4.79 Å². The molecule has 1 rings (SSSR count). The first-order chi connectivity index (χ1) is 6.42. The highest BCUT2D eigenvalue weighted by Gasteiger charge is 2.29. The summed E-state index contributed by atoms with van der Waals surface area (Å²) < 4.78 is -0.895. The van der Waals surface area contributed by atoms with E-state index >= 15 is 0 Å². The lowest BCUT2D eigenvalue weighted by atomic mass is 10.2. The number of carbonyl (C=O) groups is 1. The third-order valence-corrected chi connectivity index (χ3v) is 2.70. The molecular formula is C9H12N2O2S. The maximum Gasteiger partial charge on any atom is 0.319 e. The van der Waals surface area contributed by atoms with Crippen molar-refractivity contribution in [2.24, 2.45) is 0 Å². The standard InChI is InChI=1S/C9H12N2O2S/c1-6-4-5-10-8(11-6)14-9(2,3)7(12)13/h4-5H,1-3H3,(H,12,13). The highest BCUT2D eigenvalue weighted by atomic mass is 32.2. The number of aliphatic carboxylic acids is 1. The average molecular weight is 212 g/mol. The molecule has 0 saturated heterocycles. The van der Waals surface area contributed by atoms with Crippen molar-refractivity contribution in [1.29, 1.82) is 0 Å². The summed E-state index contributed by atoms with van der Waals surface area (Å²) in [6, 6.07) is 1.78. The molecule has 0 spiro atoms. The van der Waals surface area contributed by atoms with Gasteiger partial charge in [-0.25, -0.2) is 9.97 Å². The molecule has 1 heterocycles. The Kier molecular flexibility index (Phi) is 3.10. The number of aryl methyl sites for hydroxylation is 1. The van der Waals surface area contributed by atoms with Gasteiger partial charge in [0, 0.05) is 11.9 Å². The van der Waals surface area contributed by atoms with Gasteiger partial charge in [0.1, 0.15) is 4.75 Å². The molecule has 0 saturated carbocycles. The molecule has 76 valence electrons. The molecule has 0 atom stereocenters. The molecule has 0 bridgehead atoms. The molecule has 0 radical (unpaired) electrons. The highest BCUT2D eigenvalue weighted by molar-refractivity contribution is 8.01. The summed E-state index contributed by atoms with van der Waals surface area (Å²) in [5.74, 6) is -0.868. The van der Waals surface area contributed by atoms with E-state index in [0.717, 1.165) is 17.5 Å². The van der Waals surface area contributed by atoms with Crippen molar-refractivity contribution in [2.75, 3.05) is 0 Å². The monoisotopic (exact) mass is 212 g/mol. The van der Waals surface area contributed by atoms with Gasteiger partial charge in [-0.1, -0.05) is 11.8 Å². The van der Waals surface area contributed by atoms with E-state index in [1.807, 2.05) is 6.92 Å². The van der Waals surface area contributed by atoms with Gasteiger partial charge < -0.3 is 5.11 Å². The third kappa shape index (κ3) is 2.70. The third-order valence-electron chi connectivity index (χ3n) is 1.63. The topological polar surface area (TPSA) is 63.1 Å². The zero-order valence-electron chi connectivity index (χ0n) is 8.31. The van der Waals surface area contributed by atoms with Crippen molar-refractivity contribution in [1.82, 2.24) is 9.97 Å². The number of aromatic nitrogens is 2. The summed E-state index contributed by atoms with van der Waals surface area (Å²) in [5, 5.41) is 9.39. The van der Waals surface area contributed by atoms with E-state index in [2.05, 4.69) is 9.97 Å². The van der Waals surface area contributed by atoms with Crippen LogP contribution in [-0.4, -0.2) is 25.8 Å². The molecule has 1 aromatic rings. The quantitative estimate of drug-likeness (QED) is 0.610.